The van der Waals surface area contributed by atoms with Gasteiger partial charge in [0.25, 0.3) is 5.91 Å². The molecule has 2 aromatic rings. The van der Waals surface area contributed by atoms with Crippen molar-refractivity contribution in [3.05, 3.63) is 57.6 Å². The van der Waals surface area contributed by atoms with Crippen molar-refractivity contribution >= 4 is 35.3 Å². The normalized spacial score (nSPS) is 12.6. The van der Waals surface area contributed by atoms with Gasteiger partial charge < -0.3 is 9.47 Å². The van der Waals surface area contributed by atoms with Gasteiger partial charge in [-0.25, -0.2) is 5.43 Å². The summed E-state index contributed by atoms with van der Waals surface area (Å²) in [5.74, 6) is 0.965. The standard InChI is InChI=1S/C15H10Cl2N2O3/c16-11-3-2-10(6-12(11)17)15(20)19-18-7-9-1-4-13-14(5-9)22-8-21-13/h1-7H,8H2,(H,19,20). The van der Waals surface area contributed by atoms with Crippen molar-refractivity contribution in [1.29, 1.82) is 0 Å². The van der Waals surface area contributed by atoms with Crippen LogP contribution in [0.2, 0.25) is 10.0 Å². The summed E-state index contributed by atoms with van der Waals surface area (Å²) in [4.78, 5) is 11.9. The third-order valence-corrected chi connectivity index (χ3v) is 3.70. The molecule has 7 heteroatoms. The smallest absolute Gasteiger partial charge is 0.271 e. The molecule has 0 atom stereocenters. The molecule has 1 amide bonds. The number of nitrogens with zero attached hydrogens (tertiary/aromatic N) is 1. The average Bonchev–Trinajstić information content (AvgIpc) is 2.97. The summed E-state index contributed by atoms with van der Waals surface area (Å²) in [5, 5.41) is 4.60. The van der Waals surface area contributed by atoms with Crippen LogP contribution in [0.25, 0.3) is 0 Å². The average molecular weight is 337 g/mol. The third-order valence-electron chi connectivity index (χ3n) is 2.96. The van der Waals surface area contributed by atoms with Crippen molar-refractivity contribution in [3.8, 4) is 11.5 Å². The van der Waals surface area contributed by atoms with Gasteiger partial charge in [-0.15, -0.1) is 0 Å². The van der Waals surface area contributed by atoms with Crippen LogP contribution in [0.4, 0.5) is 0 Å². The predicted molar refractivity (Wildman–Crippen MR) is 84.1 cm³/mol. The zero-order valence-corrected chi connectivity index (χ0v) is 12.7. The van der Waals surface area contributed by atoms with Crippen molar-refractivity contribution in [2.45, 2.75) is 0 Å². The SMILES string of the molecule is O=C(NN=Cc1ccc2c(c1)OCO2)c1ccc(Cl)c(Cl)c1. The molecule has 1 N–H and O–H groups in total. The Morgan fingerprint density at radius 2 is 1.91 bits per heavy atom. The maximum Gasteiger partial charge on any atom is 0.271 e. The van der Waals surface area contributed by atoms with E-state index in [4.69, 9.17) is 32.7 Å². The van der Waals surface area contributed by atoms with Crippen LogP contribution in [-0.4, -0.2) is 18.9 Å². The van der Waals surface area contributed by atoms with Crippen LogP contribution in [0.3, 0.4) is 0 Å². The Morgan fingerprint density at radius 3 is 2.73 bits per heavy atom. The van der Waals surface area contributed by atoms with Gasteiger partial charge in [0, 0.05) is 5.56 Å². The molecule has 1 aliphatic rings. The molecule has 3 rings (SSSR count). The Balaban J connectivity index is 1.66. The molecule has 5 nitrogen and oxygen atoms in total. The molecule has 0 aromatic heterocycles. The Hall–Kier alpha value is -2.24. The van der Waals surface area contributed by atoms with E-state index in [-0.39, 0.29) is 12.7 Å². The van der Waals surface area contributed by atoms with Crippen molar-refractivity contribution < 1.29 is 14.3 Å². The molecule has 0 bridgehead atoms. The van der Waals surface area contributed by atoms with Crippen LogP contribution in [0.5, 0.6) is 11.5 Å². The second-order valence-electron chi connectivity index (χ2n) is 4.44. The number of hydrogen-bond acceptors (Lipinski definition) is 4. The molecule has 0 spiro atoms. The van der Waals surface area contributed by atoms with E-state index >= 15 is 0 Å². The summed E-state index contributed by atoms with van der Waals surface area (Å²) in [6.45, 7) is 0.212. The lowest BCUT2D eigenvalue weighted by molar-refractivity contribution is 0.0955. The van der Waals surface area contributed by atoms with Crippen LogP contribution in [0.15, 0.2) is 41.5 Å². The third kappa shape index (κ3) is 3.16. The van der Waals surface area contributed by atoms with Crippen LogP contribution in [-0.2, 0) is 0 Å². The topological polar surface area (TPSA) is 59.9 Å². The molecule has 1 heterocycles. The van der Waals surface area contributed by atoms with Crippen molar-refractivity contribution in [1.82, 2.24) is 5.43 Å². The number of rotatable bonds is 3. The Bertz CT molecular complexity index is 762. The fourth-order valence-electron chi connectivity index (χ4n) is 1.86. The van der Waals surface area contributed by atoms with E-state index in [0.29, 0.717) is 27.1 Å². The van der Waals surface area contributed by atoms with Gasteiger partial charge in [0.1, 0.15) is 0 Å². The van der Waals surface area contributed by atoms with E-state index in [1.807, 2.05) is 6.07 Å². The number of nitrogens with one attached hydrogen (secondary N) is 1. The molecule has 22 heavy (non-hydrogen) atoms. The summed E-state index contributed by atoms with van der Waals surface area (Å²) in [5.41, 5.74) is 3.57. The maximum atomic E-state index is 11.9. The Labute approximate surface area is 136 Å². The molecule has 0 saturated heterocycles. The number of fused-ring (bicyclic) bond motifs is 1. The number of carbonyl (C=O) groups excluding carboxylic acids is 1. The van der Waals surface area contributed by atoms with Gasteiger partial charge in [-0.1, -0.05) is 23.2 Å². The molecule has 0 fully saturated rings. The van der Waals surface area contributed by atoms with Crippen LogP contribution >= 0.6 is 23.2 Å². The first kappa shape index (κ1) is 14.7. The van der Waals surface area contributed by atoms with Gasteiger partial charge in [0.05, 0.1) is 16.3 Å². The Morgan fingerprint density at radius 1 is 1.09 bits per heavy atom. The van der Waals surface area contributed by atoms with Crippen LogP contribution < -0.4 is 14.9 Å². The molecule has 112 valence electrons. The van der Waals surface area contributed by atoms with E-state index in [9.17, 15) is 4.79 Å². The second-order valence-corrected chi connectivity index (χ2v) is 5.26. The highest BCUT2D eigenvalue weighted by Crippen LogP contribution is 2.31. The van der Waals surface area contributed by atoms with Crippen molar-refractivity contribution in [2.24, 2.45) is 5.10 Å². The molecular weight excluding hydrogens is 327 g/mol. The van der Waals surface area contributed by atoms with E-state index in [1.165, 1.54) is 12.3 Å². The number of hydrogen-bond donors (Lipinski definition) is 1. The van der Waals surface area contributed by atoms with Gasteiger partial charge in [0.2, 0.25) is 6.79 Å². The minimum Gasteiger partial charge on any atom is -0.454 e. The lowest BCUT2D eigenvalue weighted by Crippen LogP contribution is -2.17. The van der Waals surface area contributed by atoms with Crippen molar-refractivity contribution in [2.75, 3.05) is 6.79 Å². The summed E-state index contributed by atoms with van der Waals surface area (Å²) in [6, 6.07) is 9.97. The lowest BCUT2D eigenvalue weighted by atomic mass is 10.2. The zero-order valence-electron chi connectivity index (χ0n) is 11.2. The van der Waals surface area contributed by atoms with Gasteiger partial charge in [0.15, 0.2) is 11.5 Å². The molecule has 0 unspecified atom stereocenters. The molecule has 0 saturated carbocycles. The highest BCUT2D eigenvalue weighted by atomic mass is 35.5. The molecule has 1 aliphatic heterocycles. The highest BCUT2D eigenvalue weighted by molar-refractivity contribution is 6.42. The van der Waals surface area contributed by atoms with Gasteiger partial charge in [-0.2, -0.15) is 5.10 Å². The van der Waals surface area contributed by atoms with Crippen LogP contribution in [0.1, 0.15) is 15.9 Å². The largest absolute Gasteiger partial charge is 0.454 e. The second kappa shape index (κ2) is 6.25. The first-order chi connectivity index (χ1) is 10.6. The predicted octanol–water partition coefficient (Wildman–Crippen LogP) is 3.49. The van der Waals surface area contributed by atoms with Gasteiger partial charge in [-0.05, 0) is 42.0 Å². The lowest BCUT2D eigenvalue weighted by Gasteiger charge is -2.02. The zero-order chi connectivity index (χ0) is 15.5. The summed E-state index contributed by atoms with van der Waals surface area (Å²) in [6.07, 6.45) is 1.51. The summed E-state index contributed by atoms with van der Waals surface area (Å²) in [7, 11) is 0. The molecule has 0 aliphatic carbocycles. The minimum absolute atomic E-state index is 0.212. The first-order valence-electron chi connectivity index (χ1n) is 6.31. The number of hydrazone groups is 1. The monoisotopic (exact) mass is 336 g/mol. The summed E-state index contributed by atoms with van der Waals surface area (Å²) < 4.78 is 10.5. The van der Waals surface area contributed by atoms with E-state index in [0.717, 1.165) is 5.56 Å². The number of halogens is 2. The summed E-state index contributed by atoms with van der Waals surface area (Å²) >= 11 is 11.7. The maximum absolute atomic E-state index is 11.9. The number of amides is 1. The molecule has 2 aromatic carbocycles. The van der Waals surface area contributed by atoms with Gasteiger partial charge >= 0.3 is 0 Å². The fraction of sp³-hybridized carbons (Fsp3) is 0.0667. The molecule has 0 radical (unpaired) electrons. The quantitative estimate of drug-likeness (QED) is 0.689. The van der Waals surface area contributed by atoms with E-state index < -0.39 is 0 Å². The van der Waals surface area contributed by atoms with Crippen LogP contribution in [0, 0.1) is 0 Å². The first-order valence-corrected chi connectivity index (χ1v) is 7.07. The van der Waals surface area contributed by atoms with Crippen molar-refractivity contribution in [3.63, 3.8) is 0 Å². The fourth-order valence-corrected chi connectivity index (χ4v) is 2.16. The number of ether oxygens (including phenoxy) is 2. The number of benzene rings is 2. The molecular formula is C15H10Cl2N2O3. The number of carbonyl (C=O) groups is 1. The van der Waals surface area contributed by atoms with E-state index in [1.54, 1.807) is 24.3 Å². The van der Waals surface area contributed by atoms with Gasteiger partial charge in [-0.3, -0.25) is 4.79 Å². The van der Waals surface area contributed by atoms with E-state index in [2.05, 4.69) is 10.5 Å². The highest BCUT2D eigenvalue weighted by Gasteiger charge is 2.12. The minimum atomic E-state index is -0.379. The Kier molecular flexibility index (Phi) is 4.18.